The topological polar surface area (TPSA) is 91.7 Å². The number of aromatic nitrogens is 5. The molecule has 0 radical (unpaired) electrons. The maximum absolute atomic E-state index is 12.8. The van der Waals surface area contributed by atoms with Crippen LogP contribution in [0.25, 0.3) is 5.95 Å². The molecule has 7 nitrogen and oxygen atoms in total. The van der Waals surface area contributed by atoms with Crippen molar-refractivity contribution in [3.8, 4) is 17.7 Å². The van der Waals surface area contributed by atoms with Gasteiger partial charge in [-0.1, -0.05) is 0 Å². The Bertz CT molecular complexity index is 713. The lowest BCUT2D eigenvalue weighted by atomic mass is 10.3. The van der Waals surface area contributed by atoms with Crippen molar-refractivity contribution in [3.05, 3.63) is 48.5 Å². The van der Waals surface area contributed by atoms with E-state index in [1.807, 2.05) is 0 Å². The van der Waals surface area contributed by atoms with E-state index >= 15 is 0 Å². The first-order valence-electron chi connectivity index (χ1n) is 5.66. The van der Waals surface area contributed by atoms with E-state index in [4.69, 9.17) is 10.5 Å². The fourth-order valence-corrected chi connectivity index (χ4v) is 1.50. The number of ether oxygens (including phenoxy) is 1. The Balaban J connectivity index is 1.92. The summed E-state index contributed by atoms with van der Waals surface area (Å²) in [6.45, 7) is 0. The molecule has 8 heteroatoms. The average Bonchev–Trinajstić information content (AvgIpc) is 2.95. The second kappa shape index (κ2) is 4.92. The fourth-order valence-electron chi connectivity index (χ4n) is 1.50. The average molecular weight is 272 g/mol. The Kier molecular flexibility index (Phi) is 2.96. The highest BCUT2D eigenvalue weighted by atomic mass is 19.1. The van der Waals surface area contributed by atoms with Gasteiger partial charge in [-0.15, -0.1) is 0 Å². The Morgan fingerprint density at radius 2 is 1.90 bits per heavy atom. The van der Waals surface area contributed by atoms with Crippen LogP contribution in [-0.4, -0.2) is 24.7 Å². The summed E-state index contributed by atoms with van der Waals surface area (Å²) < 4.78 is 19.6. The first-order chi connectivity index (χ1) is 9.70. The number of hydrogen-bond acceptors (Lipinski definition) is 6. The van der Waals surface area contributed by atoms with Gasteiger partial charge in [0.05, 0.1) is 0 Å². The maximum Gasteiger partial charge on any atom is 0.328 e. The van der Waals surface area contributed by atoms with Gasteiger partial charge in [0.15, 0.2) is 0 Å². The van der Waals surface area contributed by atoms with Crippen LogP contribution < -0.4 is 10.5 Å². The highest BCUT2D eigenvalue weighted by Gasteiger charge is 2.08. The number of rotatable bonds is 3. The first-order valence-corrected chi connectivity index (χ1v) is 5.66. The van der Waals surface area contributed by atoms with Crippen molar-refractivity contribution in [2.75, 3.05) is 5.73 Å². The number of anilines is 1. The molecule has 0 spiro atoms. The lowest BCUT2D eigenvalue weighted by Crippen LogP contribution is -2.07. The van der Waals surface area contributed by atoms with E-state index in [0.717, 1.165) is 0 Å². The van der Waals surface area contributed by atoms with Crippen LogP contribution in [0.15, 0.2) is 42.7 Å². The molecule has 0 bridgehead atoms. The van der Waals surface area contributed by atoms with E-state index in [1.54, 1.807) is 18.5 Å². The van der Waals surface area contributed by atoms with Crippen molar-refractivity contribution < 1.29 is 9.13 Å². The predicted octanol–water partition coefficient (Wildman–Crippen LogP) is 1.57. The van der Waals surface area contributed by atoms with Crippen LogP contribution >= 0.6 is 0 Å². The Morgan fingerprint density at radius 3 is 2.60 bits per heavy atom. The summed E-state index contributed by atoms with van der Waals surface area (Å²) in [7, 11) is 0. The lowest BCUT2D eigenvalue weighted by molar-refractivity contribution is 0.437. The van der Waals surface area contributed by atoms with Crippen molar-refractivity contribution in [2.24, 2.45) is 0 Å². The Morgan fingerprint density at radius 1 is 1.10 bits per heavy atom. The zero-order valence-corrected chi connectivity index (χ0v) is 10.1. The highest BCUT2D eigenvalue weighted by Crippen LogP contribution is 2.19. The van der Waals surface area contributed by atoms with Gasteiger partial charge in [-0.05, 0) is 30.3 Å². The molecule has 0 aliphatic heterocycles. The summed E-state index contributed by atoms with van der Waals surface area (Å²) in [6.07, 6.45) is 3.25. The normalized spacial score (nSPS) is 10.4. The van der Waals surface area contributed by atoms with Crippen molar-refractivity contribution in [1.82, 2.24) is 24.7 Å². The van der Waals surface area contributed by atoms with Crippen LogP contribution in [0, 0.1) is 5.82 Å². The van der Waals surface area contributed by atoms with E-state index in [9.17, 15) is 4.39 Å². The largest absolute Gasteiger partial charge is 0.424 e. The quantitative estimate of drug-likeness (QED) is 0.778. The molecule has 2 heterocycles. The summed E-state index contributed by atoms with van der Waals surface area (Å²) in [6, 6.07) is 7.20. The lowest BCUT2D eigenvalue weighted by Gasteiger charge is -2.06. The Hall–Kier alpha value is -3.03. The smallest absolute Gasteiger partial charge is 0.328 e. The van der Waals surface area contributed by atoms with Crippen LogP contribution in [0.4, 0.5) is 10.3 Å². The first kappa shape index (κ1) is 12.0. The molecular weight excluding hydrogens is 263 g/mol. The van der Waals surface area contributed by atoms with Gasteiger partial charge in [0.2, 0.25) is 5.95 Å². The molecule has 0 saturated carbocycles. The third-order valence-corrected chi connectivity index (χ3v) is 2.35. The third kappa shape index (κ3) is 2.53. The second-order valence-corrected chi connectivity index (χ2v) is 3.78. The van der Waals surface area contributed by atoms with Gasteiger partial charge in [-0.25, -0.2) is 9.07 Å². The van der Waals surface area contributed by atoms with Gasteiger partial charge in [0.1, 0.15) is 11.6 Å². The van der Waals surface area contributed by atoms with Crippen LogP contribution in [0.2, 0.25) is 0 Å². The predicted molar refractivity (Wildman–Crippen MR) is 67.8 cm³/mol. The van der Waals surface area contributed by atoms with Crippen molar-refractivity contribution in [3.63, 3.8) is 0 Å². The summed E-state index contributed by atoms with van der Waals surface area (Å²) in [5.41, 5.74) is 5.60. The zero-order valence-electron chi connectivity index (χ0n) is 10.1. The van der Waals surface area contributed by atoms with Gasteiger partial charge in [0, 0.05) is 12.4 Å². The molecule has 0 aliphatic rings. The summed E-state index contributed by atoms with van der Waals surface area (Å²) in [4.78, 5) is 11.9. The van der Waals surface area contributed by atoms with Crippen molar-refractivity contribution in [2.45, 2.75) is 0 Å². The molecule has 20 heavy (non-hydrogen) atoms. The molecule has 2 N–H and O–H groups in total. The number of nitrogens with zero attached hydrogens (tertiary/aromatic N) is 5. The molecule has 100 valence electrons. The standard InChI is InChI=1S/C12H9FN6O/c13-8-2-4-9(5-3-8)20-12-17-10(14)16-11(18-12)19-7-1-6-15-19/h1-7H,(H2,14,16,17,18). The van der Waals surface area contributed by atoms with E-state index in [2.05, 4.69) is 20.1 Å². The van der Waals surface area contributed by atoms with Crippen LogP contribution in [0.1, 0.15) is 0 Å². The van der Waals surface area contributed by atoms with Crippen LogP contribution in [0.5, 0.6) is 11.8 Å². The third-order valence-electron chi connectivity index (χ3n) is 2.35. The summed E-state index contributed by atoms with van der Waals surface area (Å²) in [5, 5.41) is 3.99. The molecule has 0 atom stereocenters. The number of nitrogen functional groups attached to an aromatic ring is 1. The molecule has 3 rings (SSSR count). The number of nitrogens with two attached hydrogens (primary N) is 1. The van der Waals surface area contributed by atoms with E-state index in [0.29, 0.717) is 5.75 Å². The van der Waals surface area contributed by atoms with Crippen molar-refractivity contribution in [1.29, 1.82) is 0 Å². The monoisotopic (exact) mass is 272 g/mol. The Labute approximate surface area is 112 Å². The molecule has 0 saturated heterocycles. The minimum Gasteiger partial charge on any atom is -0.424 e. The molecular formula is C12H9FN6O. The summed E-state index contributed by atoms with van der Waals surface area (Å²) in [5.74, 6) is 0.273. The van der Waals surface area contributed by atoms with Gasteiger partial charge in [0.25, 0.3) is 5.95 Å². The molecule has 3 aromatic rings. The highest BCUT2D eigenvalue weighted by molar-refractivity contribution is 5.29. The van der Waals surface area contributed by atoms with E-state index in [1.165, 1.54) is 28.9 Å². The minimum absolute atomic E-state index is 0.00242. The molecule has 0 fully saturated rings. The van der Waals surface area contributed by atoms with Gasteiger partial charge in [-0.3, -0.25) is 0 Å². The maximum atomic E-state index is 12.8. The minimum atomic E-state index is -0.357. The van der Waals surface area contributed by atoms with Crippen molar-refractivity contribution >= 4 is 5.95 Å². The van der Waals surface area contributed by atoms with Crippen LogP contribution in [0.3, 0.4) is 0 Å². The van der Waals surface area contributed by atoms with E-state index in [-0.39, 0.29) is 23.7 Å². The van der Waals surface area contributed by atoms with Gasteiger partial charge < -0.3 is 10.5 Å². The molecule has 1 aromatic carbocycles. The zero-order chi connectivity index (χ0) is 13.9. The number of benzene rings is 1. The molecule has 0 unspecified atom stereocenters. The summed E-state index contributed by atoms with van der Waals surface area (Å²) >= 11 is 0. The number of hydrogen-bond donors (Lipinski definition) is 1. The van der Waals surface area contributed by atoms with Gasteiger partial charge >= 0.3 is 6.01 Å². The fraction of sp³-hybridized carbons (Fsp3) is 0. The van der Waals surface area contributed by atoms with Crippen LogP contribution in [-0.2, 0) is 0 Å². The van der Waals surface area contributed by atoms with E-state index < -0.39 is 0 Å². The number of halogens is 1. The SMILES string of the molecule is Nc1nc(Oc2ccc(F)cc2)nc(-n2cccn2)n1. The second-order valence-electron chi connectivity index (χ2n) is 3.78. The molecule has 2 aromatic heterocycles. The molecule has 0 aliphatic carbocycles. The molecule has 0 amide bonds. The van der Waals surface area contributed by atoms with Gasteiger partial charge in [-0.2, -0.15) is 20.1 Å².